The summed E-state index contributed by atoms with van der Waals surface area (Å²) in [5, 5.41) is 11.9. The van der Waals surface area contributed by atoms with Crippen LogP contribution >= 0.6 is 0 Å². The van der Waals surface area contributed by atoms with Crippen molar-refractivity contribution < 1.29 is 14.6 Å². The van der Waals surface area contributed by atoms with Crippen LogP contribution in [0.5, 0.6) is 0 Å². The van der Waals surface area contributed by atoms with Crippen LogP contribution in [-0.4, -0.2) is 44.4 Å². The predicted octanol–water partition coefficient (Wildman–Crippen LogP) is 1.89. The second-order valence-electron chi connectivity index (χ2n) is 5.77. The molecule has 1 heterocycles. The Kier molecular flexibility index (Phi) is 6.77. The molecule has 1 aliphatic rings. The molecule has 0 saturated carbocycles. The summed E-state index contributed by atoms with van der Waals surface area (Å²) in [6.45, 7) is 4.17. The Labute approximate surface area is 137 Å². The number of carbonyl (C=O) groups is 1. The van der Waals surface area contributed by atoms with Crippen molar-refractivity contribution in [1.29, 1.82) is 0 Å². The number of piperazine rings is 1. The van der Waals surface area contributed by atoms with E-state index in [2.05, 4.69) is 18.3 Å². The summed E-state index contributed by atoms with van der Waals surface area (Å²) in [5.74, 6) is 0.311. The molecule has 1 aromatic rings. The summed E-state index contributed by atoms with van der Waals surface area (Å²) in [6.07, 6.45) is 4.66. The molecule has 0 aliphatic carbocycles. The highest BCUT2D eigenvalue weighted by molar-refractivity contribution is 5.95. The van der Waals surface area contributed by atoms with Crippen LogP contribution < -0.4 is 10.2 Å². The van der Waals surface area contributed by atoms with Gasteiger partial charge in [-0.15, -0.1) is 0 Å². The standard InChI is InChI=1S/C18H26N2O3/c1-14(5-3-4-12-21)18(23-2)15-6-8-16(9-7-15)20-11-10-19-13-17(20)22/h3,5-9,14,18-19,21H,4,10-13H2,1-2H3/b5-3+/t14-,18+/m0/s1. The van der Waals surface area contributed by atoms with Gasteiger partial charge in [0, 0.05) is 38.4 Å². The maximum Gasteiger partial charge on any atom is 0.240 e. The van der Waals surface area contributed by atoms with Crippen molar-refractivity contribution in [3.05, 3.63) is 42.0 Å². The Morgan fingerprint density at radius 3 is 2.74 bits per heavy atom. The minimum Gasteiger partial charge on any atom is -0.396 e. The number of aliphatic hydroxyl groups excluding tert-OH is 1. The molecular weight excluding hydrogens is 292 g/mol. The van der Waals surface area contributed by atoms with Gasteiger partial charge in [-0.3, -0.25) is 4.79 Å². The number of ether oxygens (including phenoxy) is 1. The van der Waals surface area contributed by atoms with Crippen molar-refractivity contribution in [1.82, 2.24) is 5.32 Å². The van der Waals surface area contributed by atoms with Gasteiger partial charge in [-0.05, 0) is 24.1 Å². The van der Waals surface area contributed by atoms with Crippen LogP contribution in [0.15, 0.2) is 36.4 Å². The molecule has 2 N–H and O–H groups in total. The van der Waals surface area contributed by atoms with Crippen molar-refractivity contribution in [2.24, 2.45) is 5.92 Å². The molecule has 0 bridgehead atoms. The number of benzene rings is 1. The monoisotopic (exact) mass is 318 g/mol. The first-order valence-corrected chi connectivity index (χ1v) is 8.08. The van der Waals surface area contributed by atoms with Crippen LogP contribution in [-0.2, 0) is 9.53 Å². The molecule has 126 valence electrons. The van der Waals surface area contributed by atoms with Gasteiger partial charge in [0.15, 0.2) is 0 Å². The zero-order valence-electron chi connectivity index (χ0n) is 13.9. The number of nitrogens with zero attached hydrogens (tertiary/aromatic N) is 1. The smallest absolute Gasteiger partial charge is 0.240 e. The SMILES string of the molecule is CO[C@@H](c1ccc(N2CCNCC2=O)cc1)[C@@H](C)/C=C/CCO. The third-order valence-electron chi connectivity index (χ3n) is 4.09. The van der Waals surface area contributed by atoms with Gasteiger partial charge in [0.05, 0.1) is 12.6 Å². The van der Waals surface area contributed by atoms with E-state index in [0.29, 0.717) is 19.5 Å². The highest BCUT2D eigenvalue weighted by Crippen LogP contribution is 2.28. The first-order chi connectivity index (χ1) is 11.2. The molecule has 1 saturated heterocycles. The molecule has 2 atom stereocenters. The molecule has 5 nitrogen and oxygen atoms in total. The third kappa shape index (κ3) is 4.64. The number of nitrogens with one attached hydrogen (secondary N) is 1. The lowest BCUT2D eigenvalue weighted by Crippen LogP contribution is -2.48. The first kappa shape index (κ1) is 17.7. The van der Waals surface area contributed by atoms with E-state index in [4.69, 9.17) is 9.84 Å². The Morgan fingerprint density at radius 2 is 2.13 bits per heavy atom. The second-order valence-corrected chi connectivity index (χ2v) is 5.77. The summed E-state index contributed by atoms with van der Waals surface area (Å²) in [6, 6.07) is 8.01. The zero-order valence-corrected chi connectivity index (χ0v) is 13.9. The van der Waals surface area contributed by atoms with E-state index >= 15 is 0 Å². The lowest BCUT2D eigenvalue weighted by atomic mass is 9.96. The summed E-state index contributed by atoms with van der Waals surface area (Å²) in [7, 11) is 1.70. The van der Waals surface area contributed by atoms with Gasteiger partial charge in [-0.1, -0.05) is 31.2 Å². The number of amides is 1. The minimum atomic E-state index is -0.0438. The van der Waals surface area contributed by atoms with Crippen molar-refractivity contribution in [2.45, 2.75) is 19.4 Å². The molecular formula is C18H26N2O3. The molecule has 5 heteroatoms. The molecule has 1 amide bonds. The highest BCUT2D eigenvalue weighted by atomic mass is 16.5. The van der Waals surface area contributed by atoms with Crippen LogP contribution in [0.1, 0.15) is 25.0 Å². The van der Waals surface area contributed by atoms with E-state index < -0.39 is 0 Å². The quantitative estimate of drug-likeness (QED) is 0.754. The fraction of sp³-hybridized carbons (Fsp3) is 0.500. The average molecular weight is 318 g/mol. The normalized spacial score (nSPS) is 18.4. The topological polar surface area (TPSA) is 61.8 Å². The maximum atomic E-state index is 11.9. The molecule has 1 aromatic carbocycles. The predicted molar refractivity (Wildman–Crippen MR) is 91.4 cm³/mol. The number of hydrogen-bond donors (Lipinski definition) is 2. The molecule has 1 fully saturated rings. The summed E-state index contributed by atoms with van der Waals surface area (Å²) in [4.78, 5) is 13.7. The third-order valence-corrected chi connectivity index (χ3v) is 4.09. The summed E-state index contributed by atoms with van der Waals surface area (Å²) in [5.41, 5.74) is 2.01. The van der Waals surface area contributed by atoms with Gasteiger partial charge in [0.1, 0.15) is 0 Å². The van der Waals surface area contributed by atoms with Crippen molar-refractivity contribution in [2.75, 3.05) is 38.3 Å². The first-order valence-electron chi connectivity index (χ1n) is 8.08. The van der Waals surface area contributed by atoms with Crippen LogP contribution in [0.2, 0.25) is 0 Å². The number of hydrogen-bond acceptors (Lipinski definition) is 4. The Hall–Kier alpha value is -1.69. The number of methoxy groups -OCH3 is 1. The Balaban J connectivity index is 2.08. The van der Waals surface area contributed by atoms with Gasteiger partial charge in [0.2, 0.25) is 5.91 Å². The van der Waals surface area contributed by atoms with E-state index in [1.165, 1.54) is 0 Å². The molecule has 1 aliphatic heterocycles. The van der Waals surface area contributed by atoms with Gasteiger partial charge < -0.3 is 20.1 Å². The van der Waals surface area contributed by atoms with Crippen LogP contribution in [0, 0.1) is 5.92 Å². The van der Waals surface area contributed by atoms with E-state index in [1.54, 1.807) is 7.11 Å². The molecule has 0 aromatic heterocycles. The highest BCUT2D eigenvalue weighted by Gasteiger charge is 2.21. The minimum absolute atomic E-state index is 0.0438. The molecule has 0 radical (unpaired) electrons. The summed E-state index contributed by atoms with van der Waals surface area (Å²) >= 11 is 0. The van der Waals surface area contributed by atoms with Crippen LogP contribution in [0.25, 0.3) is 0 Å². The largest absolute Gasteiger partial charge is 0.396 e. The zero-order chi connectivity index (χ0) is 16.7. The van der Waals surface area contributed by atoms with E-state index in [1.807, 2.05) is 35.2 Å². The van der Waals surface area contributed by atoms with Crippen molar-refractivity contribution in [3.63, 3.8) is 0 Å². The lowest BCUT2D eigenvalue weighted by molar-refractivity contribution is -0.118. The number of anilines is 1. The Bertz CT molecular complexity index is 528. The van der Waals surface area contributed by atoms with Gasteiger partial charge in [-0.2, -0.15) is 0 Å². The fourth-order valence-electron chi connectivity index (χ4n) is 2.86. The van der Waals surface area contributed by atoms with E-state index in [9.17, 15) is 4.79 Å². The Morgan fingerprint density at radius 1 is 1.39 bits per heavy atom. The van der Waals surface area contributed by atoms with Crippen LogP contribution in [0.3, 0.4) is 0 Å². The molecule has 2 rings (SSSR count). The van der Waals surface area contributed by atoms with E-state index in [0.717, 1.165) is 17.8 Å². The molecule has 0 spiro atoms. The fourth-order valence-corrected chi connectivity index (χ4v) is 2.86. The molecule has 23 heavy (non-hydrogen) atoms. The molecule has 0 unspecified atom stereocenters. The van der Waals surface area contributed by atoms with Gasteiger partial charge in [0.25, 0.3) is 0 Å². The van der Waals surface area contributed by atoms with Crippen LogP contribution in [0.4, 0.5) is 5.69 Å². The van der Waals surface area contributed by atoms with Gasteiger partial charge >= 0.3 is 0 Å². The second kappa shape index (κ2) is 8.82. The number of aliphatic hydroxyl groups is 1. The van der Waals surface area contributed by atoms with E-state index in [-0.39, 0.29) is 24.5 Å². The summed E-state index contributed by atoms with van der Waals surface area (Å²) < 4.78 is 5.63. The maximum absolute atomic E-state index is 11.9. The average Bonchev–Trinajstić information content (AvgIpc) is 2.57. The number of rotatable bonds is 7. The lowest BCUT2D eigenvalue weighted by Gasteiger charge is -2.28. The van der Waals surface area contributed by atoms with Crippen molar-refractivity contribution >= 4 is 11.6 Å². The van der Waals surface area contributed by atoms with Gasteiger partial charge in [-0.25, -0.2) is 0 Å². The van der Waals surface area contributed by atoms with Crippen molar-refractivity contribution in [3.8, 4) is 0 Å². The number of carbonyl (C=O) groups excluding carboxylic acids is 1.